The Labute approximate surface area is 125 Å². The van der Waals surface area contributed by atoms with Crippen LogP contribution in [0.4, 0.5) is 5.82 Å². The molecule has 20 heavy (non-hydrogen) atoms. The average molecular weight is 292 g/mol. The lowest BCUT2D eigenvalue weighted by molar-refractivity contribution is 0.188. The van der Waals surface area contributed by atoms with Gasteiger partial charge in [0.25, 0.3) is 0 Å². The van der Waals surface area contributed by atoms with Crippen LogP contribution in [0.1, 0.15) is 45.9 Å². The number of hydrogen-bond donors (Lipinski definition) is 1. The largest absolute Gasteiger partial charge is 0.383 e. The van der Waals surface area contributed by atoms with E-state index in [4.69, 9.17) is 5.73 Å². The molecule has 0 aromatic carbocycles. The predicted molar refractivity (Wildman–Crippen MR) is 86.9 cm³/mol. The zero-order valence-corrected chi connectivity index (χ0v) is 13.4. The van der Waals surface area contributed by atoms with Crippen LogP contribution in [0.15, 0.2) is 11.4 Å². The van der Waals surface area contributed by atoms with Gasteiger partial charge >= 0.3 is 0 Å². The van der Waals surface area contributed by atoms with Gasteiger partial charge in [0.2, 0.25) is 0 Å². The topological polar surface area (TPSA) is 55.0 Å². The second-order valence-corrected chi connectivity index (χ2v) is 6.14. The van der Waals surface area contributed by atoms with Crippen LogP contribution in [0.2, 0.25) is 0 Å². The van der Waals surface area contributed by atoms with Crippen LogP contribution >= 0.6 is 11.3 Å². The Morgan fingerprint density at radius 3 is 2.85 bits per heavy atom. The van der Waals surface area contributed by atoms with Gasteiger partial charge < -0.3 is 5.73 Å². The van der Waals surface area contributed by atoms with E-state index in [9.17, 15) is 0 Å². The first kappa shape index (κ1) is 15.2. The smallest absolute Gasteiger partial charge is 0.146 e. The molecule has 0 aliphatic carbocycles. The van der Waals surface area contributed by atoms with Gasteiger partial charge in [-0.15, -0.1) is 11.3 Å². The number of rotatable bonds is 7. The van der Waals surface area contributed by atoms with E-state index in [-0.39, 0.29) is 0 Å². The quantitative estimate of drug-likeness (QED) is 0.846. The van der Waals surface area contributed by atoms with Crippen LogP contribution in [0.5, 0.6) is 0 Å². The van der Waals surface area contributed by atoms with Crippen molar-refractivity contribution in [1.29, 1.82) is 0 Å². The van der Waals surface area contributed by atoms with Crippen LogP contribution in [-0.4, -0.2) is 27.5 Å². The molecule has 2 rings (SSSR count). The Morgan fingerprint density at radius 2 is 2.15 bits per heavy atom. The zero-order valence-electron chi connectivity index (χ0n) is 12.6. The molecular weight excluding hydrogens is 268 g/mol. The van der Waals surface area contributed by atoms with E-state index in [1.54, 1.807) is 11.3 Å². The molecule has 0 fully saturated rings. The number of unbranched alkanes of at least 4 members (excludes halogenated alkanes) is 1. The van der Waals surface area contributed by atoms with E-state index in [1.165, 1.54) is 12.8 Å². The summed E-state index contributed by atoms with van der Waals surface area (Å²) < 4.78 is 0. The number of aromatic nitrogens is 2. The summed E-state index contributed by atoms with van der Waals surface area (Å²) in [4.78, 5) is 12.6. The first-order valence-corrected chi connectivity index (χ1v) is 8.27. The van der Waals surface area contributed by atoms with Gasteiger partial charge in [-0.1, -0.05) is 20.3 Å². The molecule has 0 amide bonds. The standard InChI is InChI=1S/C15H24N4S/c1-4-6-8-19(11(3)5-2)10-13-17-14(16)12-7-9-20-15(12)18-13/h7,9,11H,4-6,8,10H2,1-3H3,(H2,16,17,18). The van der Waals surface area contributed by atoms with Gasteiger partial charge in [0.1, 0.15) is 16.5 Å². The zero-order chi connectivity index (χ0) is 14.5. The molecule has 1 atom stereocenters. The molecule has 0 saturated heterocycles. The maximum absolute atomic E-state index is 6.02. The number of nitrogens with zero attached hydrogens (tertiary/aromatic N) is 3. The predicted octanol–water partition coefficient (Wildman–Crippen LogP) is 3.67. The summed E-state index contributed by atoms with van der Waals surface area (Å²) in [5.41, 5.74) is 6.02. The number of nitrogens with two attached hydrogens (primary N) is 1. The molecule has 0 bridgehead atoms. The van der Waals surface area contributed by atoms with Crippen molar-refractivity contribution in [2.24, 2.45) is 0 Å². The minimum atomic E-state index is 0.547. The first-order valence-electron chi connectivity index (χ1n) is 7.39. The SMILES string of the molecule is CCCCN(Cc1nc(N)c2ccsc2n1)C(C)CC. The summed E-state index contributed by atoms with van der Waals surface area (Å²) in [7, 11) is 0. The summed E-state index contributed by atoms with van der Waals surface area (Å²) in [5.74, 6) is 1.44. The summed E-state index contributed by atoms with van der Waals surface area (Å²) in [6, 6.07) is 2.54. The van der Waals surface area contributed by atoms with Crippen LogP contribution in [-0.2, 0) is 6.54 Å². The van der Waals surface area contributed by atoms with Crippen LogP contribution < -0.4 is 5.73 Å². The molecule has 0 aliphatic heterocycles. The molecule has 2 aromatic heterocycles. The third kappa shape index (κ3) is 3.46. The summed E-state index contributed by atoms with van der Waals surface area (Å²) >= 11 is 1.63. The minimum absolute atomic E-state index is 0.547. The van der Waals surface area contributed by atoms with Crippen molar-refractivity contribution in [3.63, 3.8) is 0 Å². The molecule has 110 valence electrons. The molecule has 0 aliphatic rings. The Balaban J connectivity index is 2.18. The lowest BCUT2D eigenvalue weighted by atomic mass is 10.2. The van der Waals surface area contributed by atoms with Gasteiger partial charge in [-0.3, -0.25) is 4.90 Å². The van der Waals surface area contributed by atoms with Crippen molar-refractivity contribution < 1.29 is 0 Å². The van der Waals surface area contributed by atoms with Crippen molar-refractivity contribution in [3.05, 3.63) is 17.3 Å². The fraction of sp³-hybridized carbons (Fsp3) is 0.600. The third-order valence-corrected chi connectivity index (χ3v) is 4.57. The first-order chi connectivity index (χ1) is 9.65. The fourth-order valence-electron chi connectivity index (χ4n) is 2.25. The Bertz CT molecular complexity index is 552. The second kappa shape index (κ2) is 6.99. The van der Waals surface area contributed by atoms with Crippen LogP contribution in [0.25, 0.3) is 10.2 Å². The number of nitrogen functional groups attached to an aromatic ring is 1. The molecule has 4 nitrogen and oxygen atoms in total. The molecule has 2 N–H and O–H groups in total. The highest BCUT2D eigenvalue weighted by molar-refractivity contribution is 7.16. The Hall–Kier alpha value is -1.20. The number of fused-ring (bicyclic) bond motifs is 1. The van der Waals surface area contributed by atoms with E-state index in [0.29, 0.717) is 11.9 Å². The normalized spacial score (nSPS) is 13.2. The van der Waals surface area contributed by atoms with Crippen molar-refractivity contribution >= 4 is 27.4 Å². The van der Waals surface area contributed by atoms with E-state index in [1.807, 2.05) is 11.4 Å². The van der Waals surface area contributed by atoms with E-state index >= 15 is 0 Å². The fourth-order valence-corrected chi connectivity index (χ4v) is 3.04. The number of anilines is 1. The maximum atomic E-state index is 6.02. The van der Waals surface area contributed by atoms with Gasteiger partial charge in [0, 0.05) is 6.04 Å². The summed E-state index contributed by atoms with van der Waals surface area (Å²) in [6.45, 7) is 8.59. The molecule has 0 spiro atoms. The van der Waals surface area contributed by atoms with E-state index in [0.717, 1.165) is 35.6 Å². The van der Waals surface area contributed by atoms with Crippen molar-refractivity contribution in [3.8, 4) is 0 Å². The van der Waals surface area contributed by atoms with Crippen LogP contribution in [0.3, 0.4) is 0 Å². The van der Waals surface area contributed by atoms with E-state index < -0.39 is 0 Å². The van der Waals surface area contributed by atoms with E-state index in [2.05, 4.69) is 35.6 Å². The number of hydrogen-bond acceptors (Lipinski definition) is 5. The minimum Gasteiger partial charge on any atom is -0.383 e. The molecule has 0 saturated carbocycles. The van der Waals surface area contributed by atoms with Gasteiger partial charge in [-0.25, -0.2) is 9.97 Å². The highest BCUT2D eigenvalue weighted by atomic mass is 32.1. The van der Waals surface area contributed by atoms with Gasteiger partial charge in [0.15, 0.2) is 0 Å². The Morgan fingerprint density at radius 1 is 1.35 bits per heavy atom. The van der Waals surface area contributed by atoms with Crippen LogP contribution in [0, 0.1) is 0 Å². The van der Waals surface area contributed by atoms with Gasteiger partial charge in [-0.2, -0.15) is 0 Å². The third-order valence-electron chi connectivity index (χ3n) is 3.76. The molecule has 0 radical (unpaired) electrons. The van der Waals surface area contributed by atoms with Gasteiger partial charge in [0.05, 0.1) is 11.9 Å². The molecular formula is C15H24N4S. The molecule has 2 aromatic rings. The van der Waals surface area contributed by atoms with Gasteiger partial charge in [-0.05, 0) is 37.8 Å². The lowest BCUT2D eigenvalue weighted by Crippen LogP contribution is -2.33. The lowest BCUT2D eigenvalue weighted by Gasteiger charge is -2.27. The second-order valence-electron chi connectivity index (χ2n) is 5.25. The molecule has 5 heteroatoms. The van der Waals surface area contributed by atoms with Crippen molar-refractivity contribution in [1.82, 2.24) is 14.9 Å². The summed E-state index contributed by atoms with van der Waals surface area (Å²) in [5, 5.41) is 2.99. The van der Waals surface area contributed by atoms with Crippen molar-refractivity contribution in [2.45, 2.75) is 52.6 Å². The number of thiophene rings is 1. The average Bonchev–Trinajstić information content (AvgIpc) is 2.91. The Kier molecular flexibility index (Phi) is 5.31. The molecule has 2 heterocycles. The molecule has 1 unspecified atom stereocenters. The monoisotopic (exact) mass is 292 g/mol. The maximum Gasteiger partial charge on any atom is 0.146 e. The highest BCUT2D eigenvalue weighted by Crippen LogP contribution is 2.23. The summed E-state index contributed by atoms with van der Waals surface area (Å²) in [6.07, 6.45) is 3.56. The van der Waals surface area contributed by atoms with Crippen molar-refractivity contribution in [2.75, 3.05) is 12.3 Å². The highest BCUT2D eigenvalue weighted by Gasteiger charge is 2.15.